The molecule has 112 valence electrons. The van der Waals surface area contributed by atoms with Crippen molar-refractivity contribution in [2.75, 3.05) is 33.0 Å². The number of amides is 1. The Morgan fingerprint density at radius 3 is 3.05 bits per heavy atom. The Bertz CT molecular complexity index is 429. The lowest BCUT2D eigenvalue weighted by Gasteiger charge is -2.34. The largest absolute Gasteiger partial charge is 0.464 e. The molecule has 0 spiro atoms. The van der Waals surface area contributed by atoms with Crippen LogP contribution in [0.2, 0.25) is 0 Å². The average molecular weight is 281 g/mol. The van der Waals surface area contributed by atoms with Gasteiger partial charge >= 0.3 is 0 Å². The van der Waals surface area contributed by atoms with Crippen LogP contribution in [0.5, 0.6) is 0 Å². The molecule has 0 radical (unpaired) electrons. The predicted molar refractivity (Wildman–Crippen MR) is 74.4 cm³/mol. The minimum atomic E-state index is -0.1000. The van der Waals surface area contributed by atoms with Gasteiger partial charge in [-0.2, -0.15) is 0 Å². The Morgan fingerprint density at radius 2 is 2.35 bits per heavy atom. The Hall–Kier alpha value is -1.33. The Morgan fingerprint density at radius 1 is 1.50 bits per heavy atom. The van der Waals surface area contributed by atoms with Crippen molar-refractivity contribution < 1.29 is 18.7 Å². The van der Waals surface area contributed by atoms with E-state index in [0.29, 0.717) is 39.4 Å². The van der Waals surface area contributed by atoms with E-state index in [9.17, 15) is 4.79 Å². The third kappa shape index (κ3) is 3.84. The Labute approximate surface area is 119 Å². The van der Waals surface area contributed by atoms with Crippen LogP contribution in [-0.2, 0) is 14.3 Å². The predicted octanol–water partition coefficient (Wildman–Crippen LogP) is 2.30. The van der Waals surface area contributed by atoms with Crippen LogP contribution in [0, 0.1) is 6.92 Å². The number of carbonyl (C=O) groups excluding carboxylic acids is 1. The number of ether oxygens (including phenoxy) is 2. The van der Waals surface area contributed by atoms with Gasteiger partial charge in [-0.3, -0.25) is 4.79 Å². The molecule has 1 atom stereocenters. The van der Waals surface area contributed by atoms with Gasteiger partial charge in [0.05, 0.1) is 13.2 Å². The van der Waals surface area contributed by atoms with Crippen LogP contribution in [-0.4, -0.2) is 43.8 Å². The molecule has 1 aliphatic heterocycles. The zero-order chi connectivity index (χ0) is 14.4. The molecule has 20 heavy (non-hydrogen) atoms. The van der Waals surface area contributed by atoms with Crippen LogP contribution < -0.4 is 0 Å². The van der Waals surface area contributed by atoms with E-state index >= 15 is 0 Å². The van der Waals surface area contributed by atoms with E-state index < -0.39 is 0 Å². The summed E-state index contributed by atoms with van der Waals surface area (Å²) in [6, 6.07) is 3.74. The Kier molecular flexibility index (Phi) is 5.61. The monoisotopic (exact) mass is 281 g/mol. The minimum Gasteiger partial charge on any atom is -0.464 e. The van der Waals surface area contributed by atoms with Crippen LogP contribution in [0.4, 0.5) is 0 Å². The van der Waals surface area contributed by atoms with Crippen molar-refractivity contribution in [3.05, 3.63) is 23.7 Å². The summed E-state index contributed by atoms with van der Waals surface area (Å²) in [5.41, 5.74) is 0. The maximum Gasteiger partial charge on any atom is 0.223 e. The van der Waals surface area contributed by atoms with Crippen molar-refractivity contribution in [1.29, 1.82) is 0 Å². The second-order valence-corrected chi connectivity index (χ2v) is 4.93. The van der Waals surface area contributed by atoms with Crippen molar-refractivity contribution in [3.8, 4) is 0 Å². The fourth-order valence-electron chi connectivity index (χ4n) is 2.38. The molecule has 2 rings (SSSR count). The maximum atomic E-state index is 12.3. The zero-order valence-corrected chi connectivity index (χ0v) is 12.3. The highest BCUT2D eigenvalue weighted by molar-refractivity contribution is 5.76. The molecule has 1 aromatic heterocycles. The number of nitrogens with zero attached hydrogens (tertiary/aromatic N) is 1. The molecule has 2 heterocycles. The van der Waals surface area contributed by atoms with Crippen LogP contribution in [0.25, 0.3) is 0 Å². The Balaban J connectivity index is 1.94. The van der Waals surface area contributed by atoms with E-state index in [4.69, 9.17) is 13.9 Å². The number of morpholine rings is 1. The highest BCUT2D eigenvalue weighted by atomic mass is 16.5. The molecule has 0 bridgehead atoms. The maximum absolute atomic E-state index is 12.3. The molecule has 5 nitrogen and oxygen atoms in total. The molecule has 0 aromatic carbocycles. The van der Waals surface area contributed by atoms with E-state index in [-0.39, 0.29) is 11.9 Å². The second kappa shape index (κ2) is 7.45. The van der Waals surface area contributed by atoms with Crippen molar-refractivity contribution in [2.45, 2.75) is 32.7 Å². The fraction of sp³-hybridized carbons (Fsp3) is 0.667. The molecule has 1 aromatic rings. The smallest absolute Gasteiger partial charge is 0.223 e. The second-order valence-electron chi connectivity index (χ2n) is 4.93. The first-order valence-electron chi connectivity index (χ1n) is 7.23. The molecule has 0 unspecified atom stereocenters. The highest BCUT2D eigenvalue weighted by Crippen LogP contribution is 2.26. The van der Waals surface area contributed by atoms with E-state index in [1.165, 1.54) is 0 Å². The lowest BCUT2D eigenvalue weighted by Crippen LogP contribution is -2.43. The molecule has 0 N–H and O–H groups in total. The number of aryl methyl sites for hydroxylation is 1. The summed E-state index contributed by atoms with van der Waals surface area (Å²) in [5, 5.41) is 0. The average Bonchev–Trinajstić information content (AvgIpc) is 2.90. The molecular formula is C15H23NO4. The first kappa shape index (κ1) is 15.1. The third-order valence-electron chi connectivity index (χ3n) is 3.42. The lowest BCUT2D eigenvalue weighted by molar-refractivity contribution is -0.141. The quantitative estimate of drug-likeness (QED) is 0.751. The zero-order valence-electron chi connectivity index (χ0n) is 12.3. The van der Waals surface area contributed by atoms with E-state index in [1.54, 1.807) is 0 Å². The van der Waals surface area contributed by atoms with Crippen LogP contribution >= 0.6 is 0 Å². The van der Waals surface area contributed by atoms with Crippen LogP contribution in [0.3, 0.4) is 0 Å². The van der Waals surface area contributed by atoms with Crippen LogP contribution in [0.15, 0.2) is 16.5 Å². The van der Waals surface area contributed by atoms with Gasteiger partial charge in [0.25, 0.3) is 0 Å². The first-order valence-corrected chi connectivity index (χ1v) is 7.23. The lowest BCUT2D eigenvalue weighted by atomic mass is 10.1. The van der Waals surface area contributed by atoms with Crippen molar-refractivity contribution in [3.63, 3.8) is 0 Å². The van der Waals surface area contributed by atoms with Crippen molar-refractivity contribution in [1.82, 2.24) is 4.90 Å². The molecule has 0 saturated carbocycles. The number of rotatable bonds is 6. The number of hydrogen-bond acceptors (Lipinski definition) is 4. The SMILES string of the molecule is CCOCCCC(=O)N1CCOC[C@H]1c1ccc(C)o1. The number of hydrogen-bond donors (Lipinski definition) is 0. The normalized spacial score (nSPS) is 19.3. The first-order chi connectivity index (χ1) is 9.72. The minimum absolute atomic E-state index is 0.1000. The van der Waals surface area contributed by atoms with E-state index in [1.807, 2.05) is 30.9 Å². The number of furan rings is 1. The van der Waals surface area contributed by atoms with Gasteiger partial charge in [-0.1, -0.05) is 0 Å². The number of carbonyl (C=O) groups is 1. The molecule has 5 heteroatoms. The molecule has 1 aliphatic rings. The molecule has 1 fully saturated rings. The third-order valence-corrected chi connectivity index (χ3v) is 3.42. The van der Waals surface area contributed by atoms with Crippen molar-refractivity contribution in [2.24, 2.45) is 0 Å². The van der Waals surface area contributed by atoms with E-state index in [0.717, 1.165) is 17.9 Å². The standard InChI is InChI=1S/C15H23NO4/c1-3-18-9-4-5-15(17)16-8-10-19-11-13(16)14-7-6-12(2)20-14/h6-7,13H,3-5,8-11H2,1-2H3/t13-/m0/s1. The summed E-state index contributed by atoms with van der Waals surface area (Å²) in [5.74, 6) is 1.81. The van der Waals surface area contributed by atoms with Gasteiger partial charge in [-0.25, -0.2) is 0 Å². The van der Waals surface area contributed by atoms with Gasteiger partial charge in [0.15, 0.2) is 0 Å². The fourth-order valence-corrected chi connectivity index (χ4v) is 2.38. The van der Waals surface area contributed by atoms with Crippen LogP contribution in [0.1, 0.15) is 37.3 Å². The summed E-state index contributed by atoms with van der Waals surface area (Å²) >= 11 is 0. The van der Waals surface area contributed by atoms with Gasteiger partial charge in [-0.15, -0.1) is 0 Å². The summed E-state index contributed by atoms with van der Waals surface area (Å²) in [6.07, 6.45) is 1.27. The molecule has 1 saturated heterocycles. The van der Waals surface area contributed by atoms with Gasteiger partial charge in [0.1, 0.15) is 17.6 Å². The van der Waals surface area contributed by atoms with Gasteiger partial charge in [0, 0.05) is 26.2 Å². The summed E-state index contributed by atoms with van der Waals surface area (Å²) in [7, 11) is 0. The molecule has 1 amide bonds. The van der Waals surface area contributed by atoms with Gasteiger partial charge in [0.2, 0.25) is 5.91 Å². The molecular weight excluding hydrogens is 258 g/mol. The highest BCUT2D eigenvalue weighted by Gasteiger charge is 2.30. The summed E-state index contributed by atoms with van der Waals surface area (Å²) in [6.45, 7) is 6.91. The summed E-state index contributed by atoms with van der Waals surface area (Å²) in [4.78, 5) is 14.2. The topological polar surface area (TPSA) is 51.9 Å². The van der Waals surface area contributed by atoms with E-state index in [2.05, 4.69) is 0 Å². The van der Waals surface area contributed by atoms with Gasteiger partial charge < -0.3 is 18.8 Å². The van der Waals surface area contributed by atoms with Gasteiger partial charge in [-0.05, 0) is 32.4 Å². The van der Waals surface area contributed by atoms with Crippen molar-refractivity contribution >= 4 is 5.91 Å². The summed E-state index contributed by atoms with van der Waals surface area (Å²) < 4.78 is 16.4. The molecule has 0 aliphatic carbocycles.